The molecule has 4 rings (SSSR count). The van der Waals surface area contributed by atoms with E-state index < -0.39 is 0 Å². The molecule has 1 amide bonds. The molecule has 1 aliphatic rings. The number of nitrogens with zero attached hydrogens (tertiary/aromatic N) is 2. The summed E-state index contributed by atoms with van der Waals surface area (Å²) in [5.74, 6) is 0.0412. The fourth-order valence-corrected chi connectivity index (χ4v) is 4.55. The van der Waals surface area contributed by atoms with E-state index in [1.165, 1.54) is 11.3 Å². The van der Waals surface area contributed by atoms with Gasteiger partial charge in [0.2, 0.25) is 5.91 Å². The molecule has 0 bridgehead atoms. The molecule has 1 atom stereocenters. The minimum atomic E-state index is 0.0412. The number of fused-ring (bicyclic) bond motifs is 1. The van der Waals surface area contributed by atoms with Crippen LogP contribution in [0.25, 0.3) is 10.2 Å². The second-order valence-electron chi connectivity index (χ2n) is 6.82. The van der Waals surface area contributed by atoms with Gasteiger partial charge in [0.25, 0.3) is 0 Å². The van der Waals surface area contributed by atoms with Gasteiger partial charge in [-0.25, -0.2) is 4.98 Å². The molecule has 1 aliphatic heterocycles. The smallest absolute Gasteiger partial charge is 0.233 e. The maximum absolute atomic E-state index is 13.1. The van der Waals surface area contributed by atoms with E-state index in [0.29, 0.717) is 23.1 Å². The van der Waals surface area contributed by atoms with E-state index in [-0.39, 0.29) is 12.0 Å². The van der Waals surface area contributed by atoms with E-state index in [1.54, 1.807) is 4.90 Å². The first-order chi connectivity index (χ1) is 13.1. The molecule has 1 aromatic heterocycles. The number of rotatable bonds is 5. The van der Waals surface area contributed by atoms with Gasteiger partial charge in [0.15, 0.2) is 5.13 Å². The number of ether oxygens (including phenoxy) is 1. The number of carbonyl (C=O) groups excluding carboxylic acids is 1. The SMILES string of the molecule is Cc1c(Cl)ccc2sc(N(CC3CCCO3)C(=O)Cc3ccccc3)nc12. The van der Waals surface area contributed by atoms with Gasteiger partial charge in [0, 0.05) is 11.6 Å². The third-order valence-corrected chi connectivity index (χ3v) is 6.33. The van der Waals surface area contributed by atoms with Crippen LogP contribution in [0.2, 0.25) is 5.02 Å². The number of halogens is 1. The first-order valence-corrected chi connectivity index (χ1v) is 10.3. The van der Waals surface area contributed by atoms with Crippen LogP contribution in [0.4, 0.5) is 5.13 Å². The van der Waals surface area contributed by atoms with Gasteiger partial charge >= 0.3 is 0 Å². The van der Waals surface area contributed by atoms with Crippen LogP contribution in [0.15, 0.2) is 42.5 Å². The van der Waals surface area contributed by atoms with Crippen LogP contribution in [0.1, 0.15) is 24.0 Å². The maximum Gasteiger partial charge on any atom is 0.233 e. The highest BCUT2D eigenvalue weighted by molar-refractivity contribution is 7.22. The number of hydrogen-bond donors (Lipinski definition) is 0. The fraction of sp³-hybridized carbons (Fsp3) is 0.333. The summed E-state index contributed by atoms with van der Waals surface area (Å²) in [5.41, 5.74) is 2.82. The number of amides is 1. The van der Waals surface area contributed by atoms with Crippen LogP contribution < -0.4 is 4.90 Å². The van der Waals surface area contributed by atoms with Crippen molar-refractivity contribution in [2.24, 2.45) is 0 Å². The van der Waals surface area contributed by atoms with Gasteiger partial charge in [-0.05, 0) is 43.0 Å². The van der Waals surface area contributed by atoms with Crippen molar-refractivity contribution in [2.45, 2.75) is 32.3 Å². The Kier molecular flexibility index (Phi) is 5.43. The van der Waals surface area contributed by atoms with Gasteiger partial charge in [-0.1, -0.05) is 53.3 Å². The molecule has 2 heterocycles. The van der Waals surface area contributed by atoms with Gasteiger partial charge in [-0.2, -0.15) is 0 Å². The van der Waals surface area contributed by atoms with Gasteiger partial charge in [0.1, 0.15) is 0 Å². The second kappa shape index (κ2) is 7.97. The van der Waals surface area contributed by atoms with Gasteiger partial charge in [0.05, 0.1) is 29.3 Å². The number of aryl methyl sites for hydroxylation is 1. The zero-order valence-electron chi connectivity index (χ0n) is 15.2. The van der Waals surface area contributed by atoms with E-state index in [1.807, 2.05) is 49.4 Å². The summed E-state index contributed by atoms with van der Waals surface area (Å²) in [6.45, 7) is 3.27. The summed E-state index contributed by atoms with van der Waals surface area (Å²) in [7, 11) is 0. The fourth-order valence-electron chi connectivity index (χ4n) is 3.35. The Bertz CT molecular complexity index is 951. The van der Waals surface area contributed by atoms with Crippen molar-refractivity contribution in [1.82, 2.24) is 4.98 Å². The second-order valence-corrected chi connectivity index (χ2v) is 8.23. The number of hydrogen-bond acceptors (Lipinski definition) is 4. The minimum Gasteiger partial charge on any atom is -0.376 e. The molecular formula is C21H21ClN2O2S. The summed E-state index contributed by atoms with van der Waals surface area (Å²) in [6, 6.07) is 13.7. The van der Waals surface area contributed by atoms with Crippen molar-refractivity contribution in [3.8, 4) is 0 Å². The van der Waals surface area contributed by atoms with Crippen LogP contribution in [-0.4, -0.2) is 30.1 Å². The quantitative estimate of drug-likeness (QED) is 0.604. The molecule has 0 spiro atoms. The molecule has 0 saturated carbocycles. The Morgan fingerprint density at radius 3 is 2.85 bits per heavy atom. The number of aromatic nitrogens is 1. The largest absolute Gasteiger partial charge is 0.376 e. The summed E-state index contributed by atoms with van der Waals surface area (Å²) in [4.78, 5) is 19.7. The summed E-state index contributed by atoms with van der Waals surface area (Å²) in [6.07, 6.45) is 2.44. The Labute approximate surface area is 167 Å². The van der Waals surface area contributed by atoms with Crippen molar-refractivity contribution >= 4 is 44.2 Å². The van der Waals surface area contributed by atoms with Crippen LogP contribution in [0.5, 0.6) is 0 Å². The van der Waals surface area contributed by atoms with Crippen molar-refractivity contribution in [2.75, 3.05) is 18.1 Å². The monoisotopic (exact) mass is 400 g/mol. The lowest BCUT2D eigenvalue weighted by Gasteiger charge is -2.23. The van der Waals surface area contributed by atoms with E-state index in [4.69, 9.17) is 21.3 Å². The van der Waals surface area contributed by atoms with Crippen LogP contribution >= 0.6 is 22.9 Å². The predicted octanol–water partition coefficient (Wildman–Crippen LogP) is 5.01. The maximum atomic E-state index is 13.1. The third-order valence-electron chi connectivity index (χ3n) is 4.88. The number of anilines is 1. The Morgan fingerprint density at radius 1 is 1.30 bits per heavy atom. The lowest BCUT2D eigenvalue weighted by atomic mass is 10.1. The predicted molar refractivity (Wildman–Crippen MR) is 111 cm³/mol. The Balaban J connectivity index is 1.66. The van der Waals surface area contributed by atoms with Gasteiger partial charge in [-0.3, -0.25) is 9.69 Å². The highest BCUT2D eigenvalue weighted by atomic mass is 35.5. The standard InChI is InChI=1S/C21H21ClN2O2S/c1-14-17(22)9-10-18-20(14)23-21(27-18)24(13-16-8-5-11-26-16)19(25)12-15-6-3-2-4-7-15/h2-4,6-7,9-10,16H,5,8,11-13H2,1H3. The number of thiazole rings is 1. The molecule has 0 aliphatic carbocycles. The first-order valence-electron chi connectivity index (χ1n) is 9.13. The highest BCUT2D eigenvalue weighted by Gasteiger charge is 2.26. The lowest BCUT2D eigenvalue weighted by Crippen LogP contribution is -2.38. The summed E-state index contributed by atoms with van der Waals surface area (Å²) >= 11 is 7.78. The van der Waals surface area contributed by atoms with E-state index in [0.717, 1.165) is 40.8 Å². The zero-order valence-corrected chi connectivity index (χ0v) is 16.7. The zero-order chi connectivity index (χ0) is 18.8. The van der Waals surface area contributed by atoms with Gasteiger partial charge < -0.3 is 4.74 Å². The molecule has 0 radical (unpaired) electrons. The molecule has 1 saturated heterocycles. The third kappa shape index (κ3) is 4.00. The average molecular weight is 401 g/mol. The number of benzene rings is 2. The van der Waals surface area contributed by atoms with Crippen molar-refractivity contribution < 1.29 is 9.53 Å². The van der Waals surface area contributed by atoms with Crippen molar-refractivity contribution in [3.05, 3.63) is 58.6 Å². The van der Waals surface area contributed by atoms with E-state index >= 15 is 0 Å². The number of carbonyl (C=O) groups is 1. The van der Waals surface area contributed by atoms with Crippen LogP contribution in [0.3, 0.4) is 0 Å². The Morgan fingerprint density at radius 2 is 2.11 bits per heavy atom. The van der Waals surface area contributed by atoms with Crippen LogP contribution in [0, 0.1) is 6.92 Å². The topological polar surface area (TPSA) is 42.4 Å². The molecule has 140 valence electrons. The first kappa shape index (κ1) is 18.4. The summed E-state index contributed by atoms with van der Waals surface area (Å²) in [5, 5.41) is 1.41. The Hall–Kier alpha value is -1.95. The minimum absolute atomic E-state index is 0.0412. The molecule has 4 nitrogen and oxygen atoms in total. The molecule has 1 fully saturated rings. The highest BCUT2D eigenvalue weighted by Crippen LogP contribution is 2.34. The lowest BCUT2D eigenvalue weighted by molar-refractivity contribution is -0.118. The van der Waals surface area contributed by atoms with Crippen molar-refractivity contribution in [3.63, 3.8) is 0 Å². The van der Waals surface area contributed by atoms with E-state index in [9.17, 15) is 4.79 Å². The molecule has 27 heavy (non-hydrogen) atoms. The molecule has 3 aromatic rings. The van der Waals surface area contributed by atoms with Crippen molar-refractivity contribution in [1.29, 1.82) is 0 Å². The molecule has 2 aromatic carbocycles. The molecule has 0 N–H and O–H groups in total. The average Bonchev–Trinajstić information content (AvgIpc) is 3.33. The molecule has 6 heteroatoms. The normalized spacial score (nSPS) is 16.7. The van der Waals surface area contributed by atoms with Gasteiger partial charge in [-0.15, -0.1) is 0 Å². The van der Waals surface area contributed by atoms with E-state index in [2.05, 4.69) is 0 Å². The summed E-state index contributed by atoms with van der Waals surface area (Å²) < 4.78 is 6.82. The van der Waals surface area contributed by atoms with Crippen LogP contribution in [-0.2, 0) is 16.0 Å². The molecule has 1 unspecified atom stereocenters. The molecular weight excluding hydrogens is 380 g/mol.